The third-order valence-corrected chi connectivity index (χ3v) is 3.14. The van der Waals surface area contributed by atoms with Crippen molar-refractivity contribution in [2.45, 2.75) is 13.8 Å². The van der Waals surface area contributed by atoms with Crippen molar-refractivity contribution in [2.24, 2.45) is 0 Å². The van der Waals surface area contributed by atoms with Crippen molar-refractivity contribution in [2.75, 3.05) is 6.61 Å². The van der Waals surface area contributed by atoms with Gasteiger partial charge in [0.15, 0.2) is 0 Å². The average molecular weight is 270 g/mol. The Morgan fingerprint density at radius 1 is 1.35 bits per heavy atom. The molecule has 0 unspecified atom stereocenters. The van der Waals surface area contributed by atoms with Gasteiger partial charge in [0.05, 0.1) is 18.3 Å². The second kappa shape index (κ2) is 4.85. The van der Waals surface area contributed by atoms with Crippen molar-refractivity contribution in [1.29, 1.82) is 0 Å². The molecule has 2 aromatic heterocycles. The first kappa shape index (κ1) is 12.5. The molecule has 0 aliphatic heterocycles. The summed E-state index contributed by atoms with van der Waals surface area (Å²) in [4.78, 5) is 18.7. The van der Waals surface area contributed by atoms with E-state index in [0.29, 0.717) is 0 Å². The van der Waals surface area contributed by atoms with E-state index in [1.165, 1.54) is 0 Å². The van der Waals surface area contributed by atoms with Crippen LogP contribution in [0.4, 0.5) is 4.79 Å². The van der Waals surface area contributed by atoms with Gasteiger partial charge in [0, 0.05) is 22.4 Å². The van der Waals surface area contributed by atoms with Gasteiger partial charge in [-0.2, -0.15) is 0 Å². The van der Waals surface area contributed by atoms with Crippen molar-refractivity contribution < 1.29 is 14.3 Å². The summed E-state index contributed by atoms with van der Waals surface area (Å²) in [6, 6.07) is 7.80. The Morgan fingerprint density at radius 3 is 3.00 bits per heavy atom. The molecule has 102 valence electrons. The molecular weight excluding hydrogens is 256 g/mol. The van der Waals surface area contributed by atoms with E-state index < -0.39 is 6.16 Å². The number of rotatable bonds is 2. The summed E-state index contributed by atoms with van der Waals surface area (Å²) in [6.07, 6.45) is 0.916. The number of H-pyrrole nitrogens is 1. The minimum atomic E-state index is -0.740. The van der Waals surface area contributed by atoms with E-state index in [2.05, 4.69) is 9.97 Å². The van der Waals surface area contributed by atoms with Gasteiger partial charge < -0.3 is 14.5 Å². The minimum absolute atomic E-state index is 0.236. The van der Waals surface area contributed by atoms with Crippen LogP contribution in [0.5, 0.6) is 5.88 Å². The molecule has 5 heteroatoms. The second-order valence-electron chi connectivity index (χ2n) is 4.48. The normalized spacial score (nSPS) is 10.9. The Kier molecular flexibility index (Phi) is 3.02. The molecule has 0 aliphatic rings. The van der Waals surface area contributed by atoms with Crippen molar-refractivity contribution in [3.05, 3.63) is 36.0 Å². The van der Waals surface area contributed by atoms with Crippen LogP contribution in [0.2, 0.25) is 0 Å². The smallest absolute Gasteiger partial charge is 0.434 e. The van der Waals surface area contributed by atoms with E-state index >= 15 is 0 Å². The van der Waals surface area contributed by atoms with Crippen LogP contribution in [-0.4, -0.2) is 22.7 Å². The Balaban J connectivity index is 2.10. The molecule has 3 aromatic rings. The number of ether oxygens (including phenoxy) is 2. The number of carbonyl (C=O) groups excluding carboxylic acids is 1. The fourth-order valence-electron chi connectivity index (χ4n) is 2.31. The summed E-state index contributed by atoms with van der Waals surface area (Å²) >= 11 is 0. The van der Waals surface area contributed by atoms with Crippen LogP contribution in [-0.2, 0) is 4.74 Å². The lowest BCUT2D eigenvalue weighted by atomic mass is 10.1. The van der Waals surface area contributed by atoms with Gasteiger partial charge >= 0.3 is 6.16 Å². The second-order valence-corrected chi connectivity index (χ2v) is 4.48. The first-order chi connectivity index (χ1) is 9.69. The van der Waals surface area contributed by atoms with Crippen LogP contribution in [0.25, 0.3) is 21.8 Å². The lowest BCUT2D eigenvalue weighted by Crippen LogP contribution is -2.10. The van der Waals surface area contributed by atoms with Gasteiger partial charge in [0.25, 0.3) is 0 Å². The molecule has 2 heterocycles. The standard InChI is InChI=1S/C15H14N2O3/c1-3-19-15(18)20-13-7-10-12(8-16-13)17-11-6-4-5-9(2)14(10)11/h4-8,17H,3H2,1-2H3. The Bertz CT molecular complexity index is 792. The lowest BCUT2D eigenvalue weighted by Gasteiger charge is -2.03. The van der Waals surface area contributed by atoms with Gasteiger partial charge in [-0.1, -0.05) is 12.1 Å². The Morgan fingerprint density at radius 2 is 2.20 bits per heavy atom. The molecule has 0 atom stereocenters. The van der Waals surface area contributed by atoms with Gasteiger partial charge in [0.2, 0.25) is 5.88 Å². The summed E-state index contributed by atoms with van der Waals surface area (Å²) in [5.41, 5.74) is 3.10. The number of hydrogen-bond donors (Lipinski definition) is 1. The van der Waals surface area contributed by atoms with E-state index in [1.807, 2.05) is 25.1 Å². The molecule has 3 rings (SSSR count). The zero-order valence-corrected chi connectivity index (χ0v) is 11.3. The van der Waals surface area contributed by atoms with Crippen molar-refractivity contribution in [3.8, 4) is 5.88 Å². The van der Waals surface area contributed by atoms with Crippen molar-refractivity contribution >= 4 is 28.0 Å². The van der Waals surface area contributed by atoms with Gasteiger partial charge in [-0.15, -0.1) is 0 Å². The first-order valence-corrected chi connectivity index (χ1v) is 6.40. The molecule has 0 bridgehead atoms. The number of aromatic amines is 1. The van der Waals surface area contributed by atoms with Gasteiger partial charge in [-0.3, -0.25) is 0 Å². The summed E-state index contributed by atoms with van der Waals surface area (Å²) in [7, 11) is 0. The molecule has 20 heavy (non-hydrogen) atoms. The van der Waals surface area contributed by atoms with Gasteiger partial charge in [0.1, 0.15) is 0 Å². The highest BCUT2D eigenvalue weighted by molar-refractivity contribution is 6.08. The van der Waals surface area contributed by atoms with Gasteiger partial charge in [-0.05, 0) is 25.5 Å². The van der Waals surface area contributed by atoms with E-state index in [4.69, 9.17) is 9.47 Å². The fraction of sp³-hybridized carbons (Fsp3) is 0.200. The predicted molar refractivity (Wildman–Crippen MR) is 76.0 cm³/mol. The number of fused-ring (bicyclic) bond motifs is 3. The third-order valence-electron chi connectivity index (χ3n) is 3.14. The SMILES string of the molecule is CCOC(=O)Oc1cc2c(cn1)[nH]c1cccc(C)c12. The molecular formula is C15H14N2O3. The zero-order valence-electron chi connectivity index (χ0n) is 11.3. The summed E-state index contributed by atoms with van der Waals surface area (Å²) in [5.74, 6) is 0.236. The number of carbonyl (C=O) groups is 1. The first-order valence-electron chi connectivity index (χ1n) is 6.40. The molecule has 0 fully saturated rings. The number of benzene rings is 1. The lowest BCUT2D eigenvalue weighted by molar-refractivity contribution is 0.103. The van der Waals surface area contributed by atoms with E-state index in [1.54, 1.807) is 19.2 Å². The number of pyridine rings is 1. The molecule has 5 nitrogen and oxygen atoms in total. The van der Waals surface area contributed by atoms with E-state index in [0.717, 1.165) is 27.4 Å². The largest absolute Gasteiger partial charge is 0.515 e. The summed E-state index contributed by atoms with van der Waals surface area (Å²) in [6.45, 7) is 4.04. The maximum absolute atomic E-state index is 11.3. The van der Waals surface area contributed by atoms with Crippen LogP contribution in [0.15, 0.2) is 30.5 Å². The molecule has 0 saturated carbocycles. The van der Waals surface area contributed by atoms with Crippen LogP contribution in [0.1, 0.15) is 12.5 Å². The summed E-state index contributed by atoms with van der Waals surface area (Å²) in [5, 5.41) is 2.09. The number of aromatic nitrogens is 2. The Hall–Kier alpha value is -2.56. The molecule has 0 aliphatic carbocycles. The van der Waals surface area contributed by atoms with Crippen molar-refractivity contribution in [3.63, 3.8) is 0 Å². The van der Waals surface area contributed by atoms with Crippen LogP contribution >= 0.6 is 0 Å². The molecule has 0 spiro atoms. The third kappa shape index (κ3) is 2.07. The maximum atomic E-state index is 11.3. The highest BCUT2D eigenvalue weighted by atomic mass is 16.7. The topological polar surface area (TPSA) is 64.2 Å². The van der Waals surface area contributed by atoms with Gasteiger partial charge in [-0.25, -0.2) is 9.78 Å². The number of hydrogen-bond acceptors (Lipinski definition) is 4. The quantitative estimate of drug-likeness (QED) is 0.723. The highest BCUT2D eigenvalue weighted by Crippen LogP contribution is 2.29. The highest BCUT2D eigenvalue weighted by Gasteiger charge is 2.11. The molecule has 1 aromatic carbocycles. The monoisotopic (exact) mass is 270 g/mol. The molecule has 1 N–H and O–H groups in total. The zero-order chi connectivity index (χ0) is 14.1. The molecule has 0 amide bonds. The van der Waals surface area contributed by atoms with E-state index in [-0.39, 0.29) is 12.5 Å². The van der Waals surface area contributed by atoms with Crippen molar-refractivity contribution in [1.82, 2.24) is 9.97 Å². The molecule has 0 saturated heterocycles. The van der Waals surface area contributed by atoms with E-state index in [9.17, 15) is 4.79 Å². The molecule has 0 radical (unpaired) electrons. The van der Waals surface area contributed by atoms with Crippen LogP contribution in [0.3, 0.4) is 0 Å². The number of nitrogens with one attached hydrogen (secondary N) is 1. The minimum Gasteiger partial charge on any atom is -0.434 e. The summed E-state index contributed by atoms with van der Waals surface area (Å²) < 4.78 is 9.78. The predicted octanol–water partition coefficient (Wildman–Crippen LogP) is 3.56. The maximum Gasteiger partial charge on any atom is 0.515 e. The number of aryl methyl sites for hydroxylation is 1. The fourth-order valence-corrected chi connectivity index (χ4v) is 2.31. The van der Waals surface area contributed by atoms with Crippen LogP contribution < -0.4 is 4.74 Å². The van der Waals surface area contributed by atoms with Crippen LogP contribution in [0, 0.1) is 6.92 Å². The average Bonchev–Trinajstić information content (AvgIpc) is 2.78. The number of nitrogens with zero attached hydrogens (tertiary/aromatic N) is 1. The Labute approximate surface area is 115 Å².